The third kappa shape index (κ3) is 2.21. The van der Waals surface area contributed by atoms with Crippen LogP contribution in [-0.2, 0) is 0 Å². The molecule has 0 radical (unpaired) electrons. The van der Waals surface area contributed by atoms with Crippen LogP contribution in [0.1, 0.15) is 22.5 Å². The van der Waals surface area contributed by atoms with Crippen molar-refractivity contribution in [2.45, 2.75) is 13.3 Å². The number of carbonyl (C=O) groups is 1. The topological polar surface area (TPSA) is 53.4 Å². The van der Waals surface area contributed by atoms with Gasteiger partial charge in [-0.05, 0) is 25.5 Å². The first-order chi connectivity index (χ1) is 7.66. The van der Waals surface area contributed by atoms with Crippen LogP contribution in [0.15, 0.2) is 24.3 Å². The Morgan fingerprint density at radius 3 is 2.88 bits per heavy atom. The molecule has 4 heteroatoms. The molecule has 0 atom stereocenters. The van der Waals surface area contributed by atoms with Gasteiger partial charge in [-0.1, -0.05) is 12.2 Å². The van der Waals surface area contributed by atoms with Crippen LogP contribution in [-0.4, -0.2) is 29.1 Å². The van der Waals surface area contributed by atoms with Crippen molar-refractivity contribution < 1.29 is 9.90 Å². The van der Waals surface area contributed by atoms with Crippen LogP contribution in [0.4, 0.5) is 5.82 Å². The van der Waals surface area contributed by atoms with Crippen LogP contribution in [0.3, 0.4) is 0 Å². The average Bonchev–Trinajstić information content (AvgIpc) is 2.29. The number of hydrogen-bond donors (Lipinski definition) is 1. The monoisotopic (exact) mass is 218 g/mol. The van der Waals surface area contributed by atoms with Gasteiger partial charge in [-0.3, -0.25) is 0 Å². The van der Waals surface area contributed by atoms with Gasteiger partial charge in [-0.2, -0.15) is 0 Å². The molecule has 0 aliphatic carbocycles. The zero-order chi connectivity index (χ0) is 11.5. The summed E-state index contributed by atoms with van der Waals surface area (Å²) < 4.78 is 0. The third-order valence-electron chi connectivity index (χ3n) is 2.57. The number of nitrogens with zero attached hydrogens (tertiary/aromatic N) is 2. The summed E-state index contributed by atoms with van der Waals surface area (Å²) in [6, 6.07) is 3.22. The molecule has 4 nitrogen and oxygen atoms in total. The summed E-state index contributed by atoms with van der Waals surface area (Å²) in [6.45, 7) is 3.51. The Bertz CT molecular complexity index is 441. The molecule has 0 saturated carbocycles. The van der Waals surface area contributed by atoms with E-state index in [0.717, 1.165) is 31.0 Å². The maximum atomic E-state index is 10.9. The van der Waals surface area contributed by atoms with Crippen LogP contribution in [0, 0.1) is 6.92 Å². The van der Waals surface area contributed by atoms with E-state index in [4.69, 9.17) is 5.11 Å². The summed E-state index contributed by atoms with van der Waals surface area (Å²) in [7, 11) is 0. The zero-order valence-corrected chi connectivity index (χ0v) is 9.18. The molecule has 16 heavy (non-hydrogen) atoms. The molecule has 0 saturated heterocycles. The van der Waals surface area contributed by atoms with E-state index >= 15 is 0 Å². The lowest BCUT2D eigenvalue weighted by Gasteiger charge is -2.24. The van der Waals surface area contributed by atoms with E-state index in [9.17, 15) is 4.79 Å². The predicted octanol–water partition coefficient (Wildman–Crippen LogP) is 1.85. The molecule has 1 aliphatic rings. The number of rotatable bonds is 2. The number of pyridine rings is 1. The van der Waals surface area contributed by atoms with Crippen LogP contribution in [0.25, 0.3) is 0 Å². The highest BCUT2D eigenvalue weighted by Gasteiger charge is 2.12. The highest BCUT2D eigenvalue weighted by atomic mass is 16.4. The molecule has 1 aromatic heterocycles. The number of hydrogen-bond acceptors (Lipinski definition) is 3. The Balaban J connectivity index is 2.33. The number of aryl methyl sites for hydroxylation is 1. The fourth-order valence-corrected chi connectivity index (χ4v) is 1.79. The van der Waals surface area contributed by atoms with E-state index in [1.165, 1.54) is 0 Å². The molecule has 1 aromatic rings. The standard InChI is InChI=1S/C12H14N2O2/c1-9-7-10(12(15)16)8-11(13-9)14-5-3-2-4-6-14/h2-3,7-8H,4-6H2,1H3,(H,15,16). The first-order valence-corrected chi connectivity index (χ1v) is 5.29. The summed E-state index contributed by atoms with van der Waals surface area (Å²) in [4.78, 5) is 17.4. The van der Waals surface area contributed by atoms with Gasteiger partial charge in [0.05, 0.1) is 5.56 Å². The number of aromatic nitrogens is 1. The molecule has 0 bridgehead atoms. The van der Waals surface area contributed by atoms with Gasteiger partial charge in [-0.25, -0.2) is 9.78 Å². The molecule has 84 valence electrons. The molecule has 2 rings (SSSR count). The molecule has 0 fully saturated rings. The van der Waals surface area contributed by atoms with Crippen LogP contribution in [0.5, 0.6) is 0 Å². The van der Waals surface area contributed by atoms with Gasteiger partial charge in [0.1, 0.15) is 5.82 Å². The second kappa shape index (κ2) is 4.35. The van der Waals surface area contributed by atoms with Crippen molar-refractivity contribution in [1.29, 1.82) is 0 Å². The van der Waals surface area contributed by atoms with E-state index in [1.807, 2.05) is 6.92 Å². The van der Waals surface area contributed by atoms with E-state index in [2.05, 4.69) is 22.0 Å². The number of anilines is 1. The summed E-state index contributed by atoms with van der Waals surface area (Å²) in [5.41, 5.74) is 1.04. The molecule has 0 unspecified atom stereocenters. The minimum atomic E-state index is -0.903. The molecular weight excluding hydrogens is 204 g/mol. The third-order valence-corrected chi connectivity index (χ3v) is 2.57. The van der Waals surface area contributed by atoms with Gasteiger partial charge < -0.3 is 10.0 Å². The van der Waals surface area contributed by atoms with Gasteiger partial charge in [0.2, 0.25) is 0 Å². The lowest BCUT2D eigenvalue weighted by atomic mass is 10.2. The smallest absolute Gasteiger partial charge is 0.335 e. The summed E-state index contributed by atoms with van der Waals surface area (Å²) in [6.07, 6.45) is 5.19. The van der Waals surface area contributed by atoms with Crippen molar-refractivity contribution >= 4 is 11.8 Å². The minimum absolute atomic E-state index is 0.303. The Morgan fingerprint density at radius 2 is 2.25 bits per heavy atom. The Kier molecular flexibility index (Phi) is 2.90. The van der Waals surface area contributed by atoms with Crippen LogP contribution in [0.2, 0.25) is 0 Å². The van der Waals surface area contributed by atoms with Crippen molar-refractivity contribution in [1.82, 2.24) is 4.98 Å². The highest BCUT2D eigenvalue weighted by molar-refractivity contribution is 5.88. The second-order valence-corrected chi connectivity index (χ2v) is 3.87. The van der Waals surface area contributed by atoms with Crippen LogP contribution < -0.4 is 4.90 Å². The van der Waals surface area contributed by atoms with Crippen molar-refractivity contribution in [2.75, 3.05) is 18.0 Å². The van der Waals surface area contributed by atoms with Gasteiger partial charge in [0, 0.05) is 18.8 Å². The van der Waals surface area contributed by atoms with Gasteiger partial charge >= 0.3 is 5.97 Å². The molecule has 2 heterocycles. The molecular formula is C12H14N2O2. The van der Waals surface area contributed by atoms with Gasteiger partial charge in [-0.15, -0.1) is 0 Å². The zero-order valence-electron chi connectivity index (χ0n) is 9.18. The Morgan fingerprint density at radius 1 is 1.44 bits per heavy atom. The normalized spacial score (nSPS) is 15.2. The average molecular weight is 218 g/mol. The minimum Gasteiger partial charge on any atom is -0.478 e. The molecule has 1 aliphatic heterocycles. The molecule has 0 amide bonds. The Labute approximate surface area is 94.2 Å². The summed E-state index contributed by atoms with van der Waals surface area (Å²) in [5.74, 6) is -0.152. The largest absolute Gasteiger partial charge is 0.478 e. The fourth-order valence-electron chi connectivity index (χ4n) is 1.79. The van der Waals surface area contributed by atoms with Crippen molar-refractivity contribution in [3.05, 3.63) is 35.5 Å². The maximum Gasteiger partial charge on any atom is 0.335 e. The summed E-state index contributed by atoms with van der Waals surface area (Å²) >= 11 is 0. The molecule has 1 N–H and O–H groups in total. The van der Waals surface area contributed by atoms with Gasteiger partial charge in [0.25, 0.3) is 0 Å². The SMILES string of the molecule is Cc1cc(C(=O)O)cc(N2CC=CCC2)n1. The first-order valence-electron chi connectivity index (χ1n) is 5.29. The van der Waals surface area contributed by atoms with E-state index < -0.39 is 5.97 Å². The lowest BCUT2D eigenvalue weighted by molar-refractivity contribution is 0.0696. The second-order valence-electron chi connectivity index (χ2n) is 3.87. The van der Waals surface area contributed by atoms with Crippen molar-refractivity contribution in [2.24, 2.45) is 0 Å². The van der Waals surface area contributed by atoms with Gasteiger partial charge in [0.15, 0.2) is 0 Å². The van der Waals surface area contributed by atoms with Crippen molar-refractivity contribution in [3.63, 3.8) is 0 Å². The van der Waals surface area contributed by atoms with E-state index in [1.54, 1.807) is 12.1 Å². The van der Waals surface area contributed by atoms with Crippen LogP contribution >= 0.6 is 0 Å². The number of aromatic carboxylic acids is 1. The lowest BCUT2D eigenvalue weighted by Crippen LogP contribution is -2.28. The van der Waals surface area contributed by atoms with E-state index in [-0.39, 0.29) is 0 Å². The van der Waals surface area contributed by atoms with E-state index in [0.29, 0.717) is 5.56 Å². The summed E-state index contributed by atoms with van der Waals surface area (Å²) in [5, 5.41) is 8.97. The Hall–Kier alpha value is -1.84. The van der Waals surface area contributed by atoms with Crippen molar-refractivity contribution in [3.8, 4) is 0 Å². The fraction of sp³-hybridized carbons (Fsp3) is 0.333. The first kappa shape index (κ1) is 10.7. The predicted molar refractivity (Wildman–Crippen MR) is 61.9 cm³/mol. The molecule has 0 aromatic carbocycles. The quantitative estimate of drug-likeness (QED) is 0.770. The molecule has 0 spiro atoms. The number of carboxylic acid groups (broad SMARTS) is 1. The maximum absolute atomic E-state index is 10.9. The highest BCUT2D eigenvalue weighted by Crippen LogP contribution is 2.17. The number of carboxylic acids is 1.